The highest BCUT2D eigenvalue weighted by atomic mass is 16.6. The second kappa shape index (κ2) is 8.63. The van der Waals surface area contributed by atoms with Crippen molar-refractivity contribution in [2.45, 2.75) is 45.1 Å². The number of benzene rings is 1. The number of methoxy groups -OCH3 is 1. The average Bonchev–Trinajstić information content (AvgIpc) is 2.54. The molecule has 1 fully saturated rings. The molecule has 1 aliphatic heterocycles. The van der Waals surface area contributed by atoms with E-state index in [0.717, 1.165) is 25.9 Å². The molecular weight excluding hydrogens is 310 g/mol. The van der Waals surface area contributed by atoms with E-state index in [1.54, 1.807) is 6.07 Å². The van der Waals surface area contributed by atoms with Crippen molar-refractivity contribution in [2.24, 2.45) is 0 Å². The van der Waals surface area contributed by atoms with Gasteiger partial charge in [0.15, 0.2) is 0 Å². The van der Waals surface area contributed by atoms with Crippen LogP contribution in [0.5, 0.6) is 5.75 Å². The number of carbonyl (C=O) groups is 1. The highest BCUT2D eigenvalue weighted by Gasteiger charge is 2.24. The Morgan fingerprint density at radius 2 is 1.88 bits per heavy atom. The van der Waals surface area contributed by atoms with Crippen LogP contribution >= 0.6 is 0 Å². The van der Waals surface area contributed by atoms with Crippen molar-refractivity contribution in [2.75, 3.05) is 25.5 Å². The Bertz CT molecular complexity index is 583. The van der Waals surface area contributed by atoms with Crippen molar-refractivity contribution in [3.8, 4) is 5.75 Å². The van der Waals surface area contributed by atoms with Gasteiger partial charge in [0.1, 0.15) is 11.4 Å². The number of nitro groups is 1. The van der Waals surface area contributed by atoms with E-state index < -0.39 is 4.92 Å². The zero-order chi connectivity index (χ0) is 17.5. The first kappa shape index (κ1) is 18.2. The fourth-order valence-electron chi connectivity index (χ4n) is 2.96. The number of rotatable bonds is 5. The number of ether oxygens (including phenoxy) is 1. The van der Waals surface area contributed by atoms with Crippen LogP contribution in [-0.2, 0) is 4.79 Å². The largest absolute Gasteiger partial charge is 0.496 e. The van der Waals surface area contributed by atoms with Gasteiger partial charge >= 0.3 is 0 Å². The van der Waals surface area contributed by atoms with Gasteiger partial charge in [0.25, 0.3) is 5.69 Å². The molecule has 7 heteroatoms. The zero-order valence-corrected chi connectivity index (χ0v) is 14.3. The van der Waals surface area contributed by atoms with Gasteiger partial charge in [0, 0.05) is 0 Å². The zero-order valence-electron chi connectivity index (χ0n) is 14.3. The first-order valence-electron chi connectivity index (χ1n) is 8.40. The van der Waals surface area contributed by atoms with E-state index in [-0.39, 0.29) is 23.3 Å². The van der Waals surface area contributed by atoms with Crippen molar-refractivity contribution in [1.82, 2.24) is 4.90 Å². The molecule has 0 aromatic heterocycles. The molecule has 1 aliphatic rings. The quantitative estimate of drug-likeness (QED) is 0.660. The van der Waals surface area contributed by atoms with Gasteiger partial charge in [-0.25, -0.2) is 0 Å². The molecule has 0 unspecified atom stereocenters. The number of anilines is 1. The van der Waals surface area contributed by atoms with Gasteiger partial charge < -0.3 is 10.1 Å². The molecule has 1 amide bonds. The summed E-state index contributed by atoms with van der Waals surface area (Å²) in [6, 6.07) is 4.11. The summed E-state index contributed by atoms with van der Waals surface area (Å²) in [5.41, 5.74) is 0.0345. The second-order valence-corrected chi connectivity index (χ2v) is 6.11. The molecular formula is C17H25N3O4. The predicted octanol–water partition coefficient (Wildman–Crippen LogP) is 3.20. The Morgan fingerprint density at radius 3 is 2.46 bits per heavy atom. The number of carbonyl (C=O) groups excluding carboxylic acids is 1. The molecule has 132 valence electrons. The van der Waals surface area contributed by atoms with Crippen molar-refractivity contribution in [3.63, 3.8) is 0 Å². The fourth-order valence-corrected chi connectivity index (χ4v) is 2.96. The van der Waals surface area contributed by atoms with Crippen molar-refractivity contribution < 1.29 is 14.5 Å². The molecule has 0 radical (unpaired) electrons. The number of amides is 1. The maximum Gasteiger partial charge on any atom is 0.296 e. The van der Waals surface area contributed by atoms with Crippen molar-refractivity contribution in [1.29, 1.82) is 0 Å². The topological polar surface area (TPSA) is 84.7 Å². The second-order valence-electron chi connectivity index (χ2n) is 6.11. The lowest BCUT2D eigenvalue weighted by Crippen LogP contribution is -2.43. The van der Waals surface area contributed by atoms with E-state index in [1.165, 1.54) is 38.5 Å². The third-order valence-electron chi connectivity index (χ3n) is 4.48. The number of hydrogen-bond acceptors (Lipinski definition) is 5. The number of nitro benzene ring substituents is 1. The van der Waals surface area contributed by atoms with Crippen LogP contribution in [0.25, 0.3) is 0 Å². The highest BCUT2D eigenvalue weighted by molar-refractivity contribution is 5.96. The Morgan fingerprint density at radius 1 is 1.25 bits per heavy atom. The highest BCUT2D eigenvalue weighted by Crippen LogP contribution is 2.29. The van der Waals surface area contributed by atoms with Crippen molar-refractivity contribution in [3.05, 3.63) is 28.3 Å². The van der Waals surface area contributed by atoms with E-state index >= 15 is 0 Å². The minimum Gasteiger partial charge on any atom is -0.496 e. The Kier molecular flexibility index (Phi) is 6.54. The van der Waals surface area contributed by atoms with E-state index in [9.17, 15) is 14.9 Å². The minimum atomic E-state index is -0.515. The van der Waals surface area contributed by atoms with Crippen LogP contribution in [0.1, 0.15) is 39.0 Å². The molecule has 1 heterocycles. The first-order chi connectivity index (χ1) is 11.5. The summed E-state index contributed by atoms with van der Waals surface area (Å²) in [5.74, 6) is 0.167. The third-order valence-corrected chi connectivity index (χ3v) is 4.48. The van der Waals surface area contributed by atoms with E-state index in [1.807, 2.05) is 6.92 Å². The van der Waals surface area contributed by atoms with Crippen LogP contribution in [0.15, 0.2) is 18.2 Å². The van der Waals surface area contributed by atoms with Crippen LogP contribution < -0.4 is 10.1 Å². The predicted molar refractivity (Wildman–Crippen MR) is 92.4 cm³/mol. The number of likely N-dealkylation sites (tertiary alicyclic amines) is 1. The lowest BCUT2D eigenvalue weighted by molar-refractivity contribution is -0.384. The van der Waals surface area contributed by atoms with Gasteiger partial charge in [-0.05, 0) is 45.0 Å². The Balaban J connectivity index is 2.08. The van der Waals surface area contributed by atoms with Gasteiger partial charge in [-0.15, -0.1) is 0 Å². The van der Waals surface area contributed by atoms with Crippen molar-refractivity contribution >= 4 is 17.3 Å². The first-order valence-corrected chi connectivity index (χ1v) is 8.40. The fraction of sp³-hybridized carbons (Fsp3) is 0.588. The standard InChI is InChI=1S/C17H25N3O4/c1-13(19-10-6-4-3-5-7-11-19)17(21)18-15-9-8-14(24-2)12-16(15)20(22)23/h8-9,12-13H,3-7,10-11H2,1-2H3,(H,18,21)/t13-/m1/s1. The number of nitrogens with zero attached hydrogens (tertiary/aromatic N) is 2. The molecule has 0 spiro atoms. The van der Waals surface area contributed by atoms with Crippen LogP contribution in [0.2, 0.25) is 0 Å². The van der Waals surface area contributed by atoms with Gasteiger partial charge in [-0.1, -0.05) is 19.3 Å². The molecule has 2 rings (SSSR count). The van der Waals surface area contributed by atoms with Crippen LogP contribution in [-0.4, -0.2) is 42.0 Å². The van der Waals surface area contributed by atoms with Crippen LogP contribution in [0.3, 0.4) is 0 Å². The van der Waals surface area contributed by atoms with Gasteiger partial charge in [-0.3, -0.25) is 19.8 Å². The summed E-state index contributed by atoms with van der Waals surface area (Å²) >= 11 is 0. The average molecular weight is 335 g/mol. The molecule has 0 saturated carbocycles. The maximum atomic E-state index is 12.5. The molecule has 0 bridgehead atoms. The minimum absolute atomic E-state index is 0.164. The molecule has 0 aliphatic carbocycles. The summed E-state index contributed by atoms with van der Waals surface area (Å²) in [5, 5.41) is 13.9. The SMILES string of the molecule is COc1ccc(NC(=O)[C@@H](C)N2CCCCCCC2)c([N+](=O)[O-])c1. The Hall–Kier alpha value is -2.15. The van der Waals surface area contributed by atoms with Crippen LogP contribution in [0.4, 0.5) is 11.4 Å². The van der Waals surface area contributed by atoms with Gasteiger partial charge in [0.05, 0.1) is 24.1 Å². The third kappa shape index (κ3) is 4.67. The summed E-state index contributed by atoms with van der Waals surface area (Å²) in [4.78, 5) is 25.4. The molecule has 24 heavy (non-hydrogen) atoms. The summed E-state index contributed by atoms with van der Waals surface area (Å²) < 4.78 is 5.01. The normalized spacial score (nSPS) is 17.4. The molecule has 1 aromatic rings. The Labute approximate surface area is 142 Å². The lowest BCUT2D eigenvalue weighted by Gasteiger charge is -2.29. The number of nitrogens with one attached hydrogen (secondary N) is 1. The molecule has 1 aromatic carbocycles. The summed E-state index contributed by atoms with van der Waals surface area (Å²) in [6.07, 6.45) is 5.80. The monoisotopic (exact) mass is 335 g/mol. The van der Waals surface area contributed by atoms with Gasteiger partial charge in [-0.2, -0.15) is 0 Å². The summed E-state index contributed by atoms with van der Waals surface area (Å²) in [6.45, 7) is 3.63. The molecule has 7 nitrogen and oxygen atoms in total. The smallest absolute Gasteiger partial charge is 0.296 e. The van der Waals surface area contributed by atoms with E-state index in [4.69, 9.17) is 4.74 Å². The summed E-state index contributed by atoms with van der Waals surface area (Å²) in [7, 11) is 1.45. The maximum absolute atomic E-state index is 12.5. The van der Waals surface area contributed by atoms with Crippen LogP contribution in [0, 0.1) is 10.1 Å². The lowest BCUT2D eigenvalue weighted by atomic mass is 10.1. The molecule has 1 atom stereocenters. The molecule has 1 saturated heterocycles. The van der Waals surface area contributed by atoms with E-state index in [0.29, 0.717) is 5.75 Å². The molecule has 1 N–H and O–H groups in total. The van der Waals surface area contributed by atoms with Gasteiger partial charge in [0.2, 0.25) is 5.91 Å². The van der Waals surface area contributed by atoms with E-state index in [2.05, 4.69) is 10.2 Å². The number of hydrogen-bond donors (Lipinski definition) is 1.